The second-order valence-electron chi connectivity index (χ2n) is 4.51. The molecule has 4 nitrogen and oxygen atoms in total. The van der Waals surface area contributed by atoms with Crippen LogP contribution in [0.4, 0.5) is 0 Å². The van der Waals surface area contributed by atoms with Crippen molar-refractivity contribution < 1.29 is 14.4 Å². The second kappa shape index (κ2) is 6.78. The Hall–Kier alpha value is -1.26. The summed E-state index contributed by atoms with van der Waals surface area (Å²) < 4.78 is 5.09. The van der Waals surface area contributed by atoms with Crippen LogP contribution in [0.3, 0.4) is 0 Å². The van der Waals surface area contributed by atoms with Crippen LogP contribution in [-0.4, -0.2) is 31.2 Å². The minimum atomic E-state index is 0.0339. The zero-order chi connectivity index (χ0) is 13.7. The lowest BCUT2D eigenvalue weighted by molar-refractivity contribution is -0.197. The van der Waals surface area contributed by atoms with E-state index in [0.29, 0.717) is 36.8 Å². The molecule has 104 valence electrons. The monoisotopic (exact) mass is 283 g/mol. The first-order chi connectivity index (χ1) is 9.20. The number of halogens is 1. The number of amides is 1. The Morgan fingerprint density at radius 2 is 2.32 bits per heavy atom. The fourth-order valence-electron chi connectivity index (χ4n) is 2.03. The molecule has 0 unspecified atom stereocenters. The number of benzene rings is 1. The highest BCUT2D eigenvalue weighted by atomic mass is 35.5. The summed E-state index contributed by atoms with van der Waals surface area (Å²) in [6, 6.07) is 5.58. The Morgan fingerprint density at radius 3 is 2.95 bits per heavy atom. The van der Waals surface area contributed by atoms with Gasteiger partial charge in [0.15, 0.2) is 0 Å². The highest BCUT2D eigenvalue weighted by Crippen LogP contribution is 2.25. The molecule has 0 aliphatic carbocycles. The number of hydrogen-bond acceptors (Lipinski definition) is 3. The fourth-order valence-corrected chi connectivity index (χ4v) is 2.32. The van der Waals surface area contributed by atoms with Gasteiger partial charge in [-0.1, -0.05) is 17.7 Å². The molecular formula is C14H18ClNO3. The summed E-state index contributed by atoms with van der Waals surface area (Å²) >= 11 is 6.05. The number of hydrogen-bond donors (Lipinski definition) is 0. The third-order valence-electron chi connectivity index (χ3n) is 3.12. The Balaban J connectivity index is 1.87. The van der Waals surface area contributed by atoms with Crippen molar-refractivity contribution >= 4 is 17.5 Å². The number of aryl methyl sites for hydroxylation is 1. The summed E-state index contributed by atoms with van der Waals surface area (Å²) in [5.41, 5.74) is 1.02. The van der Waals surface area contributed by atoms with E-state index in [1.54, 1.807) is 7.11 Å². The van der Waals surface area contributed by atoms with Crippen LogP contribution >= 0.6 is 11.6 Å². The van der Waals surface area contributed by atoms with E-state index in [4.69, 9.17) is 21.2 Å². The van der Waals surface area contributed by atoms with Crippen LogP contribution in [0.5, 0.6) is 5.75 Å². The maximum absolute atomic E-state index is 11.9. The molecule has 0 spiro atoms. The summed E-state index contributed by atoms with van der Waals surface area (Å²) in [7, 11) is 1.58. The Kier molecular flexibility index (Phi) is 5.05. The van der Waals surface area contributed by atoms with Gasteiger partial charge in [-0.25, -0.2) is 5.06 Å². The number of nitrogens with zero attached hydrogens (tertiary/aromatic N) is 1. The standard InChI is InChI=1S/C14H18ClNO3/c1-18-13-6-4-11(10-12(13)15)5-7-14(17)16-8-2-3-9-19-16/h4,6,10H,2-3,5,7-9H2,1H3. The van der Waals surface area contributed by atoms with Crippen molar-refractivity contribution in [3.05, 3.63) is 28.8 Å². The maximum atomic E-state index is 11.9. The van der Waals surface area contributed by atoms with Gasteiger partial charge in [0, 0.05) is 13.0 Å². The van der Waals surface area contributed by atoms with Crippen molar-refractivity contribution in [3.63, 3.8) is 0 Å². The highest BCUT2D eigenvalue weighted by Gasteiger charge is 2.17. The molecule has 0 radical (unpaired) electrons. The predicted octanol–water partition coefficient (Wildman–Crippen LogP) is 2.84. The quantitative estimate of drug-likeness (QED) is 0.853. The van der Waals surface area contributed by atoms with Crippen LogP contribution in [0.1, 0.15) is 24.8 Å². The van der Waals surface area contributed by atoms with Gasteiger partial charge in [-0.3, -0.25) is 9.63 Å². The molecule has 5 heteroatoms. The van der Waals surface area contributed by atoms with Crippen molar-refractivity contribution in [2.75, 3.05) is 20.3 Å². The summed E-state index contributed by atoms with van der Waals surface area (Å²) in [6.07, 6.45) is 3.13. The van der Waals surface area contributed by atoms with E-state index in [9.17, 15) is 4.79 Å². The van der Waals surface area contributed by atoms with Gasteiger partial charge in [-0.2, -0.15) is 0 Å². The van der Waals surface area contributed by atoms with Crippen molar-refractivity contribution in [3.8, 4) is 5.75 Å². The number of ether oxygens (including phenoxy) is 1. The molecule has 1 saturated heterocycles. The average Bonchev–Trinajstić information content (AvgIpc) is 2.46. The SMILES string of the molecule is COc1ccc(CCC(=O)N2CCCCO2)cc1Cl. The van der Waals surface area contributed by atoms with Crippen LogP contribution < -0.4 is 4.74 Å². The minimum Gasteiger partial charge on any atom is -0.495 e. The lowest BCUT2D eigenvalue weighted by Crippen LogP contribution is -2.35. The predicted molar refractivity (Wildman–Crippen MR) is 73.2 cm³/mol. The van der Waals surface area contributed by atoms with Gasteiger partial charge in [0.1, 0.15) is 5.75 Å². The molecule has 0 saturated carbocycles. The first kappa shape index (κ1) is 14.2. The molecule has 0 aromatic heterocycles. The molecule has 1 amide bonds. The largest absolute Gasteiger partial charge is 0.495 e. The zero-order valence-electron chi connectivity index (χ0n) is 11.0. The van der Waals surface area contributed by atoms with Gasteiger partial charge in [0.2, 0.25) is 5.91 Å². The van der Waals surface area contributed by atoms with E-state index in [-0.39, 0.29) is 5.91 Å². The van der Waals surface area contributed by atoms with Crippen molar-refractivity contribution in [2.24, 2.45) is 0 Å². The van der Waals surface area contributed by atoms with E-state index < -0.39 is 0 Å². The van der Waals surface area contributed by atoms with E-state index in [0.717, 1.165) is 18.4 Å². The Morgan fingerprint density at radius 1 is 1.47 bits per heavy atom. The van der Waals surface area contributed by atoms with E-state index >= 15 is 0 Å². The van der Waals surface area contributed by atoms with Crippen LogP contribution in [-0.2, 0) is 16.1 Å². The molecule has 1 aromatic rings. The van der Waals surface area contributed by atoms with Gasteiger partial charge >= 0.3 is 0 Å². The van der Waals surface area contributed by atoms with Gasteiger partial charge in [0.05, 0.1) is 18.7 Å². The fraction of sp³-hybridized carbons (Fsp3) is 0.500. The highest BCUT2D eigenvalue weighted by molar-refractivity contribution is 6.32. The molecule has 2 rings (SSSR count). The average molecular weight is 284 g/mol. The van der Waals surface area contributed by atoms with Crippen molar-refractivity contribution in [1.29, 1.82) is 0 Å². The lowest BCUT2D eigenvalue weighted by Gasteiger charge is -2.25. The van der Waals surface area contributed by atoms with Crippen molar-refractivity contribution in [1.82, 2.24) is 5.06 Å². The van der Waals surface area contributed by atoms with Gasteiger partial charge in [-0.15, -0.1) is 0 Å². The topological polar surface area (TPSA) is 38.8 Å². The van der Waals surface area contributed by atoms with E-state index in [1.165, 1.54) is 5.06 Å². The third kappa shape index (κ3) is 3.85. The first-order valence-electron chi connectivity index (χ1n) is 6.46. The zero-order valence-corrected chi connectivity index (χ0v) is 11.8. The third-order valence-corrected chi connectivity index (χ3v) is 3.42. The van der Waals surface area contributed by atoms with Crippen LogP contribution in [0.15, 0.2) is 18.2 Å². The molecule has 1 aromatic carbocycles. The Bertz CT molecular complexity index is 444. The number of carbonyl (C=O) groups excluding carboxylic acids is 1. The van der Waals surface area contributed by atoms with E-state index in [2.05, 4.69) is 0 Å². The lowest BCUT2D eigenvalue weighted by atomic mass is 10.1. The number of methoxy groups -OCH3 is 1. The number of carbonyl (C=O) groups is 1. The molecule has 19 heavy (non-hydrogen) atoms. The van der Waals surface area contributed by atoms with Crippen LogP contribution in [0, 0.1) is 0 Å². The number of hydroxylamine groups is 2. The Labute approximate surface area is 118 Å². The van der Waals surface area contributed by atoms with Gasteiger partial charge in [-0.05, 0) is 37.0 Å². The van der Waals surface area contributed by atoms with Crippen molar-refractivity contribution in [2.45, 2.75) is 25.7 Å². The molecule has 1 heterocycles. The van der Waals surface area contributed by atoms with Crippen LogP contribution in [0.25, 0.3) is 0 Å². The molecule has 0 N–H and O–H groups in total. The molecule has 1 aliphatic rings. The molecule has 1 aliphatic heterocycles. The van der Waals surface area contributed by atoms with Gasteiger partial charge in [0.25, 0.3) is 0 Å². The summed E-state index contributed by atoms with van der Waals surface area (Å²) in [5.74, 6) is 0.683. The molecule has 1 fully saturated rings. The first-order valence-corrected chi connectivity index (χ1v) is 6.84. The molecule has 0 bridgehead atoms. The second-order valence-corrected chi connectivity index (χ2v) is 4.91. The summed E-state index contributed by atoms with van der Waals surface area (Å²) in [6.45, 7) is 1.34. The minimum absolute atomic E-state index is 0.0339. The molecule has 0 atom stereocenters. The summed E-state index contributed by atoms with van der Waals surface area (Å²) in [4.78, 5) is 17.2. The maximum Gasteiger partial charge on any atom is 0.246 e. The van der Waals surface area contributed by atoms with Crippen LogP contribution in [0.2, 0.25) is 5.02 Å². The smallest absolute Gasteiger partial charge is 0.246 e. The molecular weight excluding hydrogens is 266 g/mol. The normalized spacial score (nSPS) is 15.4. The van der Waals surface area contributed by atoms with E-state index in [1.807, 2.05) is 18.2 Å². The number of rotatable bonds is 4. The van der Waals surface area contributed by atoms with Gasteiger partial charge < -0.3 is 4.74 Å². The summed E-state index contributed by atoms with van der Waals surface area (Å²) in [5, 5.41) is 2.05.